The Hall–Kier alpha value is -2.54. The predicted molar refractivity (Wildman–Crippen MR) is 96.7 cm³/mol. The van der Waals surface area contributed by atoms with Gasteiger partial charge in [0.05, 0.1) is 7.11 Å². The highest BCUT2D eigenvalue weighted by Crippen LogP contribution is 2.33. The number of hydrogen-bond acceptors (Lipinski definition) is 3. The van der Waals surface area contributed by atoms with Gasteiger partial charge in [-0.1, -0.05) is 38.8 Å². The summed E-state index contributed by atoms with van der Waals surface area (Å²) in [4.78, 5) is 3.28. The Bertz CT molecular complexity index is 730. The first-order valence-corrected chi connectivity index (χ1v) is 8.57. The van der Waals surface area contributed by atoms with Crippen molar-refractivity contribution >= 4 is 5.82 Å². The molecule has 0 aliphatic carbocycles. The molecule has 126 valence electrons. The van der Waals surface area contributed by atoms with Crippen molar-refractivity contribution in [3.05, 3.63) is 41.1 Å². The molecule has 1 aromatic heterocycles. The minimum absolute atomic E-state index is 0.453. The third-order valence-corrected chi connectivity index (χ3v) is 4.24. The van der Waals surface area contributed by atoms with E-state index in [0.717, 1.165) is 54.7 Å². The number of hydrogen-bond donors (Lipinski definition) is 1. The number of ether oxygens (including phenoxy) is 1. The normalized spacial score (nSPS) is 10.4. The molecule has 1 heterocycles. The fourth-order valence-electron chi connectivity index (χ4n) is 3.02. The molecule has 0 atom stereocenters. The smallest absolute Gasteiger partial charge is 0.289 e. The number of aryl methyl sites for hydroxylation is 1. The molecule has 0 spiro atoms. The van der Waals surface area contributed by atoms with Crippen LogP contribution in [0.15, 0.2) is 24.3 Å². The minimum Gasteiger partial charge on any atom is -0.497 e. The Labute approximate surface area is 144 Å². The van der Waals surface area contributed by atoms with Gasteiger partial charge in [0.15, 0.2) is 0 Å². The SMILES string of the molecule is CCCCc1[nH+]c(N)c(C#N)c(-c2ccc(OC)cc2)c1CCC. The Morgan fingerprint density at radius 2 is 1.83 bits per heavy atom. The first-order chi connectivity index (χ1) is 11.7. The lowest BCUT2D eigenvalue weighted by molar-refractivity contribution is -0.374. The molecule has 24 heavy (non-hydrogen) atoms. The topological polar surface area (TPSA) is 73.2 Å². The molecule has 0 bridgehead atoms. The van der Waals surface area contributed by atoms with Crippen LogP contribution in [0, 0.1) is 11.3 Å². The maximum Gasteiger partial charge on any atom is 0.289 e. The van der Waals surface area contributed by atoms with E-state index in [1.807, 2.05) is 24.3 Å². The number of pyridine rings is 1. The maximum absolute atomic E-state index is 9.65. The first-order valence-electron chi connectivity index (χ1n) is 8.57. The second-order valence-corrected chi connectivity index (χ2v) is 5.94. The van der Waals surface area contributed by atoms with Crippen LogP contribution in [0.25, 0.3) is 11.1 Å². The fourth-order valence-corrected chi connectivity index (χ4v) is 3.02. The molecule has 0 fully saturated rings. The summed E-state index contributed by atoms with van der Waals surface area (Å²) in [5, 5.41) is 9.65. The summed E-state index contributed by atoms with van der Waals surface area (Å²) in [6.45, 7) is 4.33. The van der Waals surface area contributed by atoms with Gasteiger partial charge in [-0.25, -0.2) is 4.98 Å². The van der Waals surface area contributed by atoms with Crippen LogP contribution in [0.5, 0.6) is 5.75 Å². The van der Waals surface area contributed by atoms with E-state index in [-0.39, 0.29) is 0 Å². The lowest BCUT2D eigenvalue weighted by atomic mass is 9.90. The summed E-state index contributed by atoms with van der Waals surface area (Å²) in [7, 11) is 1.65. The summed E-state index contributed by atoms with van der Waals surface area (Å²) in [5.41, 5.74) is 11.0. The Morgan fingerprint density at radius 1 is 1.12 bits per heavy atom. The number of aromatic amines is 1. The zero-order valence-corrected chi connectivity index (χ0v) is 14.8. The highest BCUT2D eigenvalue weighted by atomic mass is 16.5. The average Bonchev–Trinajstić information content (AvgIpc) is 2.61. The second kappa shape index (κ2) is 8.35. The molecule has 0 unspecified atom stereocenters. The van der Waals surface area contributed by atoms with Crippen molar-refractivity contribution in [1.82, 2.24) is 0 Å². The number of nitrogens with one attached hydrogen (secondary N) is 1. The monoisotopic (exact) mass is 324 g/mol. The predicted octanol–water partition coefficient (Wildman–Crippen LogP) is 3.93. The van der Waals surface area contributed by atoms with Crippen LogP contribution in [0.2, 0.25) is 0 Å². The minimum atomic E-state index is 0.453. The van der Waals surface area contributed by atoms with E-state index < -0.39 is 0 Å². The van der Waals surface area contributed by atoms with E-state index in [0.29, 0.717) is 11.4 Å². The van der Waals surface area contributed by atoms with Gasteiger partial charge in [-0.3, -0.25) is 5.73 Å². The number of unbranched alkanes of at least 4 members (excludes halogenated alkanes) is 1. The number of nitriles is 1. The van der Waals surface area contributed by atoms with Gasteiger partial charge >= 0.3 is 0 Å². The summed E-state index contributed by atoms with van der Waals surface area (Å²) in [6.07, 6.45) is 5.11. The van der Waals surface area contributed by atoms with Gasteiger partial charge in [0.2, 0.25) is 0 Å². The second-order valence-electron chi connectivity index (χ2n) is 5.94. The number of nitrogens with two attached hydrogens (primary N) is 1. The van der Waals surface area contributed by atoms with Crippen molar-refractivity contribution in [1.29, 1.82) is 5.26 Å². The quantitative estimate of drug-likeness (QED) is 0.838. The first kappa shape index (κ1) is 17.8. The van der Waals surface area contributed by atoms with Gasteiger partial charge in [0.25, 0.3) is 5.82 Å². The third-order valence-electron chi connectivity index (χ3n) is 4.24. The van der Waals surface area contributed by atoms with E-state index >= 15 is 0 Å². The number of benzene rings is 1. The van der Waals surface area contributed by atoms with Gasteiger partial charge in [-0.15, -0.1) is 0 Å². The zero-order chi connectivity index (χ0) is 17.5. The molecule has 0 aliphatic rings. The molecule has 0 amide bonds. The summed E-state index contributed by atoms with van der Waals surface area (Å²) < 4.78 is 5.24. The largest absolute Gasteiger partial charge is 0.497 e. The van der Waals surface area contributed by atoms with Gasteiger partial charge in [-0.05, 0) is 30.5 Å². The van der Waals surface area contributed by atoms with Crippen molar-refractivity contribution < 1.29 is 9.72 Å². The molecule has 2 rings (SSSR count). The van der Waals surface area contributed by atoms with Crippen LogP contribution >= 0.6 is 0 Å². The van der Waals surface area contributed by atoms with Crippen LogP contribution in [0.3, 0.4) is 0 Å². The van der Waals surface area contributed by atoms with E-state index in [9.17, 15) is 5.26 Å². The number of aromatic nitrogens is 1. The van der Waals surface area contributed by atoms with Crippen molar-refractivity contribution in [2.45, 2.75) is 46.0 Å². The number of anilines is 1. The summed E-state index contributed by atoms with van der Waals surface area (Å²) >= 11 is 0. The van der Waals surface area contributed by atoms with Gasteiger partial charge in [0.1, 0.15) is 23.1 Å². The van der Waals surface area contributed by atoms with Crippen LogP contribution in [-0.4, -0.2) is 7.11 Å². The molecule has 0 aliphatic heterocycles. The lowest BCUT2D eigenvalue weighted by Gasteiger charge is -2.15. The molecular weight excluding hydrogens is 298 g/mol. The van der Waals surface area contributed by atoms with Crippen molar-refractivity contribution in [2.75, 3.05) is 12.8 Å². The Kier molecular flexibility index (Phi) is 6.20. The van der Waals surface area contributed by atoms with Crippen LogP contribution in [0.4, 0.5) is 5.82 Å². The van der Waals surface area contributed by atoms with Crippen molar-refractivity contribution in [3.63, 3.8) is 0 Å². The number of methoxy groups -OCH3 is 1. The number of rotatable bonds is 7. The third kappa shape index (κ3) is 3.68. The molecule has 3 N–H and O–H groups in total. The van der Waals surface area contributed by atoms with Crippen molar-refractivity contribution in [2.24, 2.45) is 0 Å². The molecule has 4 heteroatoms. The Morgan fingerprint density at radius 3 is 2.38 bits per heavy atom. The van der Waals surface area contributed by atoms with Crippen LogP contribution in [0.1, 0.15) is 49.9 Å². The standard InChI is InChI=1S/C20H25N3O/c1-4-6-8-18-16(7-5-2)19(17(13-21)20(22)23-18)14-9-11-15(24-3)12-10-14/h9-12H,4-8H2,1-3H3,(H2,22,23)/p+1. The number of H-pyrrole nitrogens is 1. The van der Waals surface area contributed by atoms with Crippen molar-refractivity contribution in [3.8, 4) is 22.9 Å². The molecule has 0 saturated heterocycles. The van der Waals surface area contributed by atoms with Gasteiger partial charge in [-0.2, -0.15) is 5.26 Å². The molecule has 1 aromatic carbocycles. The molecular formula is C20H26N3O+. The van der Waals surface area contributed by atoms with Crippen LogP contribution in [-0.2, 0) is 12.8 Å². The highest BCUT2D eigenvalue weighted by Gasteiger charge is 2.22. The van der Waals surface area contributed by atoms with E-state index in [2.05, 4.69) is 24.9 Å². The fraction of sp³-hybridized carbons (Fsp3) is 0.400. The maximum atomic E-state index is 9.65. The average molecular weight is 324 g/mol. The van der Waals surface area contributed by atoms with E-state index in [1.54, 1.807) is 7.11 Å². The Balaban J connectivity index is 2.68. The summed E-state index contributed by atoms with van der Waals surface area (Å²) in [6, 6.07) is 10.1. The van der Waals surface area contributed by atoms with Gasteiger partial charge < -0.3 is 4.74 Å². The summed E-state index contributed by atoms with van der Waals surface area (Å²) in [5.74, 6) is 1.25. The lowest BCUT2D eigenvalue weighted by Crippen LogP contribution is -2.22. The van der Waals surface area contributed by atoms with E-state index in [1.165, 1.54) is 5.56 Å². The number of nitrogens with zero attached hydrogens (tertiary/aromatic N) is 1. The van der Waals surface area contributed by atoms with Gasteiger partial charge in [0, 0.05) is 17.5 Å². The number of nitrogen functional groups attached to an aromatic ring is 1. The molecule has 2 aromatic rings. The zero-order valence-electron chi connectivity index (χ0n) is 14.8. The van der Waals surface area contributed by atoms with E-state index in [4.69, 9.17) is 10.5 Å². The molecule has 4 nitrogen and oxygen atoms in total. The highest BCUT2D eigenvalue weighted by molar-refractivity contribution is 5.78. The molecule has 0 radical (unpaired) electrons. The molecule has 0 saturated carbocycles. The van der Waals surface area contributed by atoms with Crippen LogP contribution < -0.4 is 15.5 Å².